The zero-order valence-corrected chi connectivity index (χ0v) is 10.4. The van der Waals surface area contributed by atoms with Gasteiger partial charge in [-0.05, 0) is 32.1 Å². The van der Waals surface area contributed by atoms with Gasteiger partial charge in [0.2, 0.25) is 0 Å². The lowest BCUT2D eigenvalue weighted by atomic mass is 10.0. The van der Waals surface area contributed by atoms with Crippen molar-refractivity contribution in [1.82, 2.24) is 4.98 Å². The fourth-order valence-electron chi connectivity index (χ4n) is 2.37. The van der Waals surface area contributed by atoms with Crippen LogP contribution in [0.25, 0.3) is 0 Å². The first-order valence-electron chi connectivity index (χ1n) is 5.91. The Hall–Kier alpha value is -0.410. The average Bonchev–Trinajstić information content (AvgIpc) is 2.86. The highest BCUT2D eigenvalue weighted by atomic mass is 32.1. The van der Waals surface area contributed by atoms with E-state index >= 15 is 0 Å². The molecule has 0 spiro atoms. The lowest BCUT2D eigenvalue weighted by Crippen LogP contribution is -2.05. The van der Waals surface area contributed by atoms with Crippen molar-refractivity contribution in [2.75, 3.05) is 0 Å². The molecule has 2 N–H and O–H groups in total. The largest absolute Gasteiger partial charge is 0.323 e. The van der Waals surface area contributed by atoms with E-state index in [-0.39, 0.29) is 6.04 Å². The van der Waals surface area contributed by atoms with E-state index in [4.69, 9.17) is 5.73 Å². The molecule has 0 amide bonds. The Morgan fingerprint density at radius 2 is 2.40 bits per heavy atom. The average molecular weight is 224 g/mol. The highest BCUT2D eigenvalue weighted by Gasteiger charge is 2.26. The van der Waals surface area contributed by atoms with Crippen LogP contribution in [0, 0.1) is 5.92 Å². The summed E-state index contributed by atoms with van der Waals surface area (Å²) in [6, 6.07) is 0.0818. The first-order valence-corrected chi connectivity index (χ1v) is 6.79. The van der Waals surface area contributed by atoms with E-state index in [0.717, 1.165) is 11.6 Å². The van der Waals surface area contributed by atoms with Gasteiger partial charge in [0, 0.05) is 17.3 Å². The molecular formula is C12H20N2S. The fraction of sp³-hybridized carbons (Fsp3) is 0.750. The molecule has 1 aliphatic carbocycles. The molecule has 1 aromatic rings. The minimum Gasteiger partial charge on any atom is -0.323 e. The van der Waals surface area contributed by atoms with Gasteiger partial charge in [-0.25, -0.2) is 4.98 Å². The standard InChI is InChI=1S/C12H20N2S/c1-3-9-4-5-10(6-9)12-14-11(7-15-12)8(2)13/h7-10H,3-6,13H2,1-2H3. The first kappa shape index (κ1) is 11.1. The number of hydrogen-bond donors (Lipinski definition) is 1. The van der Waals surface area contributed by atoms with E-state index in [1.807, 2.05) is 6.92 Å². The molecule has 3 atom stereocenters. The predicted octanol–water partition coefficient (Wildman–Crippen LogP) is 3.46. The monoisotopic (exact) mass is 224 g/mol. The molecule has 0 radical (unpaired) electrons. The van der Waals surface area contributed by atoms with Gasteiger partial charge < -0.3 is 5.73 Å². The van der Waals surface area contributed by atoms with Crippen LogP contribution >= 0.6 is 11.3 Å². The maximum atomic E-state index is 5.82. The Balaban J connectivity index is 2.04. The van der Waals surface area contributed by atoms with Crippen molar-refractivity contribution in [3.63, 3.8) is 0 Å². The minimum atomic E-state index is 0.0818. The van der Waals surface area contributed by atoms with Gasteiger partial charge in [-0.2, -0.15) is 0 Å². The fourth-order valence-corrected chi connectivity index (χ4v) is 3.44. The zero-order valence-electron chi connectivity index (χ0n) is 9.57. The molecule has 1 saturated carbocycles. The number of nitrogens with two attached hydrogens (primary N) is 1. The molecule has 2 rings (SSSR count). The van der Waals surface area contributed by atoms with Gasteiger partial charge in [0.05, 0.1) is 10.7 Å². The van der Waals surface area contributed by atoms with Crippen molar-refractivity contribution in [2.45, 2.75) is 51.5 Å². The van der Waals surface area contributed by atoms with Crippen LogP contribution in [0.15, 0.2) is 5.38 Å². The molecule has 0 aromatic carbocycles. The third-order valence-corrected chi connectivity index (χ3v) is 4.50. The molecule has 15 heavy (non-hydrogen) atoms. The van der Waals surface area contributed by atoms with Gasteiger partial charge in [-0.3, -0.25) is 0 Å². The molecule has 1 fully saturated rings. The summed E-state index contributed by atoms with van der Waals surface area (Å²) in [5.74, 6) is 1.64. The van der Waals surface area contributed by atoms with Crippen LogP contribution in [0.2, 0.25) is 0 Å². The van der Waals surface area contributed by atoms with Crippen molar-refractivity contribution in [2.24, 2.45) is 11.7 Å². The van der Waals surface area contributed by atoms with Crippen LogP contribution in [-0.2, 0) is 0 Å². The van der Waals surface area contributed by atoms with Gasteiger partial charge in [0.25, 0.3) is 0 Å². The van der Waals surface area contributed by atoms with Crippen LogP contribution in [0.1, 0.15) is 62.2 Å². The van der Waals surface area contributed by atoms with E-state index in [1.54, 1.807) is 11.3 Å². The Kier molecular flexibility index (Phi) is 3.42. The van der Waals surface area contributed by atoms with Gasteiger partial charge >= 0.3 is 0 Å². The molecule has 0 bridgehead atoms. The minimum absolute atomic E-state index is 0.0818. The topological polar surface area (TPSA) is 38.9 Å². The molecule has 3 unspecified atom stereocenters. The SMILES string of the molecule is CCC1CCC(c2nc(C(C)N)cs2)C1. The summed E-state index contributed by atoms with van der Waals surface area (Å²) >= 11 is 1.80. The van der Waals surface area contributed by atoms with Crippen molar-refractivity contribution in [3.05, 3.63) is 16.1 Å². The summed E-state index contributed by atoms with van der Waals surface area (Å²) in [7, 11) is 0. The third kappa shape index (κ3) is 2.40. The van der Waals surface area contributed by atoms with E-state index < -0.39 is 0 Å². The second kappa shape index (κ2) is 4.62. The molecule has 3 heteroatoms. The van der Waals surface area contributed by atoms with Crippen molar-refractivity contribution in [1.29, 1.82) is 0 Å². The number of thiazole rings is 1. The van der Waals surface area contributed by atoms with Gasteiger partial charge in [-0.15, -0.1) is 11.3 Å². The Morgan fingerprint density at radius 1 is 1.60 bits per heavy atom. The molecule has 0 aliphatic heterocycles. The quantitative estimate of drug-likeness (QED) is 0.854. The van der Waals surface area contributed by atoms with Crippen LogP contribution < -0.4 is 5.73 Å². The first-order chi connectivity index (χ1) is 7.20. The summed E-state index contributed by atoms with van der Waals surface area (Å²) in [5.41, 5.74) is 6.89. The van der Waals surface area contributed by atoms with Crippen LogP contribution in [0.3, 0.4) is 0 Å². The van der Waals surface area contributed by atoms with Crippen LogP contribution in [0.4, 0.5) is 0 Å². The number of hydrogen-bond acceptors (Lipinski definition) is 3. The van der Waals surface area contributed by atoms with Gasteiger partial charge in [0.1, 0.15) is 0 Å². The zero-order chi connectivity index (χ0) is 10.8. The van der Waals surface area contributed by atoms with Crippen molar-refractivity contribution < 1.29 is 0 Å². The lowest BCUT2D eigenvalue weighted by molar-refractivity contribution is 0.520. The van der Waals surface area contributed by atoms with E-state index in [0.29, 0.717) is 5.92 Å². The number of rotatable bonds is 3. The third-order valence-electron chi connectivity index (χ3n) is 3.47. The van der Waals surface area contributed by atoms with E-state index in [2.05, 4.69) is 17.3 Å². The van der Waals surface area contributed by atoms with Crippen molar-refractivity contribution >= 4 is 11.3 Å². The van der Waals surface area contributed by atoms with Crippen LogP contribution in [0.5, 0.6) is 0 Å². The molecule has 1 aromatic heterocycles. The summed E-state index contributed by atoms with van der Waals surface area (Å²) < 4.78 is 0. The van der Waals surface area contributed by atoms with E-state index in [9.17, 15) is 0 Å². The summed E-state index contributed by atoms with van der Waals surface area (Å²) in [5, 5.41) is 3.44. The maximum absolute atomic E-state index is 5.82. The number of nitrogens with zero attached hydrogens (tertiary/aromatic N) is 1. The maximum Gasteiger partial charge on any atom is 0.0960 e. The van der Waals surface area contributed by atoms with Gasteiger partial charge in [-0.1, -0.05) is 13.3 Å². The Morgan fingerprint density at radius 3 is 2.93 bits per heavy atom. The Bertz CT molecular complexity index is 319. The summed E-state index contributed by atoms with van der Waals surface area (Å²) in [4.78, 5) is 4.65. The number of aromatic nitrogens is 1. The summed E-state index contributed by atoms with van der Waals surface area (Å²) in [6.45, 7) is 4.30. The predicted molar refractivity (Wildman–Crippen MR) is 65.1 cm³/mol. The smallest absolute Gasteiger partial charge is 0.0960 e. The Labute approximate surface area is 95.9 Å². The normalized spacial score (nSPS) is 28.2. The highest BCUT2D eigenvalue weighted by molar-refractivity contribution is 7.09. The second-order valence-electron chi connectivity index (χ2n) is 4.68. The molecule has 1 heterocycles. The molecule has 0 saturated heterocycles. The molecular weight excluding hydrogens is 204 g/mol. The van der Waals surface area contributed by atoms with Gasteiger partial charge in [0.15, 0.2) is 0 Å². The molecule has 1 aliphatic rings. The highest BCUT2D eigenvalue weighted by Crippen LogP contribution is 2.40. The molecule has 84 valence electrons. The molecule has 2 nitrogen and oxygen atoms in total. The van der Waals surface area contributed by atoms with Crippen LogP contribution in [-0.4, -0.2) is 4.98 Å². The second-order valence-corrected chi connectivity index (χ2v) is 5.57. The van der Waals surface area contributed by atoms with E-state index in [1.165, 1.54) is 30.7 Å². The summed E-state index contributed by atoms with van der Waals surface area (Å²) in [6.07, 6.45) is 5.36. The lowest BCUT2D eigenvalue weighted by Gasteiger charge is -2.06. The van der Waals surface area contributed by atoms with Crippen molar-refractivity contribution in [3.8, 4) is 0 Å².